The summed E-state index contributed by atoms with van der Waals surface area (Å²) in [5.74, 6) is -12.3. The van der Waals surface area contributed by atoms with Crippen LogP contribution < -0.4 is 0 Å². The Hall–Kier alpha value is -2.50. The van der Waals surface area contributed by atoms with Crippen LogP contribution in [-0.4, -0.2) is 26.7 Å². The van der Waals surface area contributed by atoms with E-state index in [0.29, 0.717) is 0 Å². The second kappa shape index (κ2) is 12.5. The minimum Gasteiger partial charge on any atom is -0.455 e. The van der Waals surface area contributed by atoms with Crippen molar-refractivity contribution in [1.82, 2.24) is 0 Å². The molecule has 0 aliphatic heterocycles. The summed E-state index contributed by atoms with van der Waals surface area (Å²) in [6, 6.07) is -0.146. The van der Waals surface area contributed by atoms with Gasteiger partial charge in [0.15, 0.2) is 23.3 Å². The Kier molecular flexibility index (Phi) is 10.8. The van der Waals surface area contributed by atoms with Crippen molar-refractivity contribution in [1.29, 1.82) is 0 Å². The maximum absolute atomic E-state index is 13.8. The summed E-state index contributed by atoms with van der Waals surface area (Å²) in [6.07, 6.45) is -0.336. The fraction of sp³-hybridized carbons (Fsp3) is 0.550. The van der Waals surface area contributed by atoms with Gasteiger partial charge in [-0.15, -0.1) is 0 Å². The lowest BCUT2D eigenvalue weighted by Gasteiger charge is -2.27. The van der Waals surface area contributed by atoms with E-state index < -0.39 is 67.8 Å². The van der Waals surface area contributed by atoms with Gasteiger partial charge in [-0.3, -0.25) is 14.4 Å². The molecule has 0 unspecified atom stereocenters. The van der Waals surface area contributed by atoms with Gasteiger partial charge in [0.2, 0.25) is 5.82 Å². The first-order valence-corrected chi connectivity index (χ1v) is 12.1. The summed E-state index contributed by atoms with van der Waals surface area (Å²) >= 11 is 0. The molecular weight excluding hydrogens is 459 g/mol. The highest BCUT2D eigenvalue weighted by Gasteiger charge is 2.52. The van der Waals surface area contributed by atoms with Crippen LogP contribution in [0.2, 0.25) is 6.04 Å². The van der Waals surface area contributed by atoms with Crippen molar-refractivity contribution in [3.05, 3.63) is 34.6 Å². The van der Waals surface area contributed by atoms with Gasteiger partial charge in [-0.25, -0.2) is 22.0 Å². The van der Waals surface area contributed by atoms with Crippen molar-refractivity contribution in [2.75, 3.05) is 0 Å². The first-order chi connectivity index (χ1) is 15.0. The number of carbonyl (C=O) groups is 3. The zero-order chi connectivity index (χ0) is 24.5. The Morgan fingerprint density at radius 1 is 0.625 bits per heavy atom. The minimum atomic E-state index is -4.09. The molecular formula is C20H25F5O6Si. The van der Waals surface area contributed by atoms with Crippen LogP contribution in [0.25, 0.3) is 0 Å². The van der Waals surface area contributed by atoms with E-state index in [1.54, 1.807) is 0 Å². The zero-order valence-electron chi connectivity index (χ0n) is 18.0. The number of benzene rings is 1. The molecule has 12 heteroatoms. The number of rotatable bonds is 12. The van der Waals surface area contributed by atoms with Crippen LogP contribution in [0.15, 0.2) is 0 Å². The van der Waals surface area contributed by atoms with E-state index in [2.05, 4.69) is 0 Å². The molecule has 0 N–H and O–H groups in total. The molecule has 0 aromatic heterocycles. The van der Waals surface area contributed by atoms with Gasteiger partial charge in [0, 0.05) is 24.8 Å². The Morgan fingerprint density at radius 3 is 1.38 bits per heavy atom. The first kappa shape index (κ1) is 27.5. The minimum absolute atomic E-state index is 0.00794. The Balaban J connectivity index is 2.91. The van der Waals surface area contributed by atoms with E-state index in [4.69, 9.17) is 13.3 Å². The molecule has 0 atom stereocenters. The highest BCUT2D eigenvalue weighted by atomic mass is 28.4. The van der Waals surface area contributed by atoms with Crippen LogP contribution >= 0.6 is 0 Å². The SMILES string of the molecule is CCC(=O)O[Si](CCCCCc1c(F)c(F)c(F)c(F)c1F)(OC(=O)CC)OC(=O)CC. The maximum Gasteiger partial charge on any atom is 0.705 e. The van der Waals surface area contributed by atoms with Gasteiger partial charge < -0.3 is 13.3 Å². The second-order valence-electron chi connectivity index (χ2n) is 6.78. The maximum atomic E-state index is 13.8. The molecule has 0 amide bonds. The number of hydrogen-bond acceptors (Lipinski definition) is 6. The molecule has 0 heterocycles. The van der Waals surface area contributed by atoms with Crippen molar-refractivity contribution < 1.29 is 49.6 Å². The molecule has 180 valence electrons. The quantitative estimate of drug-likeness (QED) is 0.138. The number of unbranched alkanes of at least 4 members (excludes halogenated alkanes) is 2. The van der Waals surface area contributed by atoms with Gasteiger partial charge in [-0.05, 0) is 19.3 Å². The van der Waals surface area contributed by atoms with E-state index in [-0.39, 0.29) is 44.6 Å². The Labute approximate surface area is 183 Å². The number of halogens is 5. The van der Waals surface area contributed by atoms with E-state index in [0.717, 1.165) is 0 Å². The average molecular weight is 484 g/mol. The monoisotopic (exact) mass is 484 g/mol. The fourth-order valence-corrected chi connectivity index (χ4v) is 5.23. The normalized spacial score (nSPS) is 11.2. The third kappa shape index (κ3) is 7.28. The van der Waals surface area contributed by atoms with Gasteiger partial charge in [-0.1, -0.05) is 27.2 Å². The topological polar surface area (TPSA) is 78.9 Å². The Morgan fingerprint density at radius 2 is 1.00 bits per heavy atom. The van der Waals surface area contributed by atoms with Gasteiger partial charge in [0.25, 0.3) is 17.9 Å². The number of hydrogen-bond donors (Lipinski definition) is 0. The summed E-state index contributed by atoms with van der Waals surface area (Å²) in [7, 11) is -4.09. The van der Waals surface area contributed by atoms with Crippen LogP contribution in [0.1, 0.15) is 64.9 Å². The second-order valence-corrected chi connectivity index (χ2v) is 9.25. The molecule has 32 heavy (non-hydrogen) atoms. The molecule has 0 saturated carbocycles. The van der Waals surface area contributed by atoms with Crippen LogP contribution in [-0.2, 0) is 34.1 Å². The lowest BCUT2D eigenvalue weighted by molar-refractivity contribution is -0.150. The summed E-state index contributed by atoms with van der Waals surface area (Å²) in [4.78, 5) is 35.6. The lowest BCUT2D eigenvalue weighted by Crippen LogP contribution is -2.50. The van der Waals surface area contributed by atoms with Crippen LogP contribution in [0.5, 0.6) is 0 Å². The van der Waals surface area contributed by atoms with Crippen molar-refractivity contribution in [3.63, 3.8) is 0 Å². The summed E-state index contributed by atoms with van der Waals surface area (Å²) < 4.78 is 82.9. The molecule has 0 fully saturated rings. The fourth-order valence-electron chi connectivity index (χ4n) is 2.64. The molecule has 0 bridgehead atoms. The third-order valence-electron chi connectivity index (χ3n) is 4.38. The Bertz CT molecular complexity index is 774. The third-order valence-corrected chi connectivity index (χ3v) is 6.97. The molecule has 1 rings (SSSR count). The summed E-state index contributed by atoms with van der Waals surface area (Å²) in [5.41, 5.74) is -0.933. The molecule has 1 aromatic rings. The van der Waals surface area contributed by atoms with Crippen LogP contribution in [0, 0.1) is 29.1 Å². The zero-order valence-corrected chi connectivity index (χ0v) is 19.0. The van der Waals surface area contributed by atoms with E-state index in [1.807, 2.05) is 0 Å². The standard InChI is InChI=1S/C20H25F5O6Si/c1-4-13(26)29-32(30-14(27)5-2,31-15(28)6-3)11-9-7-8-10-12-16(21)18(23)20(25)19(24)17(12)22/h4-11H2,1-3H3. The van der Waals surface area contributed by atoms with Crippen LogP contribution in [0.3, 0.4) is 0 Å². The predicted molar refractivity (Wildman–Crippen MR) is 103 cm³/mol. The van der Waals surface area contributed by atoms with Gasteiger partial charge in [0.1, 0.15) is 0 Å². The van der Waals surface area contributed by atoms with Crippen molar-refractivity contribution in [3.8, 4) is 0 Å². The molecule has 0 saturated heterocycles. The van der Waals surface area contributed by atoms with Crippen molar-refractivity contribution in [2.24, 2.45) is 0 Å². The summed E-state index contributed by atoms with van der Waals surface area (Å²) in [5, 5.41) is 0. The highest BCUT2D eigenvalue weighted by molar-refractivity contribution is 6.65. The first-order valence-electron chi connectivity index (χ1n) is 10.2. The van der Waals surface area contributed by atoms with Crippen molar-refractivity contribution >= 4 is 26.7 Å². The van der Waals surface area contributed by atoms with Gasteiger partial charge >= 0.3 is 8.80 Å². The van der Waals surface area contributed by atoms with Gasteiger partial charge in [-0.2, -0.15) is 0 Å². The molecule has 0 aliphatic carbocycles. The van der Waals surface area contributed by atoms with E-state index in [1.165, 1.54) is 20.8 Å². The van der Waals surface area contributed by atoms with Crippen LogP contribution in [0.4, 0.5) is 22.0 Å². The molecule has 0 aliphatic rings. The number of carbonyl (C=O) groups excluding carboxylic acids is 3. The molecule has 6 nitrogen and oxygen atoms in total. The molecule has 0 spiro atoms. The largest absolute Gasteiger partial charge is 0.705 e. The summed E-state index contributed by atoms with van der Waals surface area (Å²) in [6.45, 7) is 4.48. The molecule has 1 aromatic carbocycles. The highest BCUT2D eigenvalue weighted by Crippen LogP contribution is 2.26. The van der Waals surface area contributed by atoms with E-state index in [9.17, 15) is 36.3 Å². The smallest absolute Gasteiger partial charge is 0.455 e. The average Bonchev–Trinajstić information content (AvgIpc) is 2.77. The molecule has 0 radical (unpaired) electrons. The van der Waals surface area contributed by atoms with Crippen molar-refractivity contribution in [2.45, 2.75) is 71.8 Å². The van der Waals surface area contributed by atoms with Gasteiger partial charge in [0.05, 0.1) is 6.04 Å². The van der Waals surface area contributed by atoms with E-state index >= 15 is 0 Å². The lowest BCUT2D eigenvalue weighted by atomic mass is 10.1. The predicted octanol–water partition coefficient (Wildman–Crippen LogP) is 4.89.